The predicted octanol–water partition coefficient (Wildman–Crippen LogP) is 2.21. The molecule has 0 spiro atoms. The standard InChI is InChI=1S/C14H18BrN3/c1-2-3-5-12-10-13(11-17-14(12)15)18-8-4-6-16-7-9-18/h10-11,16H,4-9H2,1H3. The number of anilines is 1. The Bertz CT molecular complexity index is 454. The topological polar surface area (TPSA) is 28.2 Å². The molecule has 2 heterocycles. The van der Waals surface area contributed by atoms with Crippen molar-refractivity contribution < 1.29 is 0 Å². The molecule has 3 nitrogen and oxygen atoms in total. The summed E-state index contributed by atoms with van der Waals surface area (Å²) in [6.45, 7) is 6.15. The van der Waals surface area contributed by atoms with Crippen molar-refractivity contribution in [2.24, 2.45) is 0 Å². The van der Waals surface area contributed by atoms with Crippen LogP contribution in [0.5, 0.6) is 0 Å². The van der Waals surface area contributed by atoms with Gasteiger partial charge in [-0.2, -0.15) is 0 Å². The van der Waals surface area contributed by atoms with Gasteiger partial charge in [-0.15, -0.1) is 5.92 Å². The maximum Gasteiger partial charge on any atom is 0.110 e. The van der Waals surface area contributed by atoms with Crippen LogP contribution in [0, 0.1) is 11.8 Å². The molecule has 1 saturated heterocycles. The molecule has 1 fully saturated rings. The summed E-state index contributed by atoms with van der Waals surface area (Å²) in [7, 11) is 0. The van der Waals surface area contributed by atoms with Crippen LogP contribution in [0.25, 0.3) is 0 Å². The lowest BCUT2D eigenvalue weighted by molar-refractivity contribution is 0.724. The SMILES string of the molecule is CC#CCc1cc(N2CCCNCC2)cnc1Br. The van der Waals surface area contributed by atoms with Crippen LogP contribution in [0.3, 0.4) is 0 Å². The van der Waals surface area contributed by atoms with Crippen molar-refractivity contribution in [3.05, 3.63) is 22.4 Å². The minimum atomic E-state index is 0.754. The number of hydrogen-bond donors (Lipinski definition) is 1. The Hall–Kier alpha value is -1.05. The first-order valence-corrected chi connectivity index (χ1v) is 7.10. The lowest BCUT2D eigenvalue weighted by Gasteiger charge is -2.22. The minimum Gasteiger partial charge on any atom is -0.369 e. The van der Waals surface area contributed by atoms with Gasteiger partial charge in [-0.05, 0) is 47.4 Å². The highest BCUT2D eigenvalue weighted by Crippen LogP contribution is 2.21. The van der Waals surface area contributed by atoms with Crippen LogP contribution in [-0.4, -0.2) is 31.2 Å². The van der Waals surface area contributed by atoms with Crippen molar-refractivity contribution >= 4 is 21.6 Å². The van der Waals surface area contributed by atoms with E-state index in [0.717, 1.165) is 37.2 Å². The maximum absolute atomic E-state index is 4.42. The number of pyridine rings is 1. The number of rotatable bonds is 2. The first kappa shape index (κ1) is 13.4. The van der Waals surface area contributed by atoms with E-state index < -0.39 is 0 Å². The van der Waals surface area contributed by atoms with Gasteiger partial charge >= 0.3 is 0 Å². The molecule has 96 valence electrons. The molecule has 0 saturated carbocycles. The molecular weight excluding hydrogens is 290 g/mol. The second-order valence-corrected chi connectivity index (χ2v) is 5.09. The average Bonchev–Trinajstić information content (AvgIpc) is 2.67. The molecule has 0 bridgehead atoms. The van der Waals surface area contributed by atoms with Crippen LogP contribution in [0.2, 0.25) is 0 Å². The molecule has 2 rings (SSSR count). The van der Waals surface area contributed by atoms with Crippen molar-refractivity contribution in [2.45, 2.75) is 19.8 Å². The van der Waals surface area contributed by atoms with Crippen molar-refractivity contribution in [1.82, 2.24) is 10.3 Å². The van der Waals surface area contributed by atoms with E-state index in [9.17, 15) is 0 Å². The van der Waals surface area contributed by atoms with Crippen LogP contribution >= 0.6 is 15.9 Å². The molecule has 1 aromatic heterocycles. The number of aromatic nitrogens is 1. The predicted molar refractivity (Wildman–Crippen MR) is 78.8 cm³/mol. The molecule has 1 aliphatic heterocycles. The maximum atomic E-state index is 4.42. The third-order valence-electron chi connectivity index (χ3n) is 3.06. The number of hydrogen-bond acceptors (Lipinski definition) is 3. The second kappa shape index (κ2) is 6.77. The fourth-order valence-electron chi connectivity index (χ4n) is 2.07. The third-order valence-corrected chi connectivity index (χ3v) is 3.77. The lowest BCUT2D eigenvalue weighted by atomic mass is 10.2. The smallest absolute Gasteiger partial charge is 0.110 e. The molecule has 0 amide bonds. The molecule has 0 aromatic carbocycles. The van der Waals surface area contributed by atoms with E-state index in [-0.39, 0.29) is 0 Å². The van der Waals surface area contributed by atoms with Crippen LogP contribution < -0.4 is 10.2 Å². The Balaban J connectivity index is 2.18. The second-order valence-electron chi connectivity index (χ2n) is 4.34. The zero-order chi connectivity index (χ0) is 12.8. The molecule has 4 heteroatoms. The summed E-state index contributed by atoms with van der Waals surface area (Å²) in [5.41, 5.74) is 2.37. The first-order valence-electron chi connectivity index (χ1n) is 6.31. The largest absolute Gasteiger partial charge is 0.369 e. The van der Waals surface area contributed by atoms with Crippen LogP contribution in [0.15, 0.2) is 16.9 Å². The van der Waals surface area contributed by atoms with Gasteiger partial charge in [0.05, 0.1) is 11.9 Å². The molecular formula is C14H18BrN3. The van der Waals surface area contributed by atoms with Crippen molar-refractivity contribution in [3.63, 3.8) is 0 Å². The fourth-order valence-corrected chi connectivity index (χ4v) is 2.42. The van der Waals surface area contributed by atoms with Crippen LogP contribution in [-0.2, 0) is 6.42 Å². The third kappa shape index (κ3) is 3.47. The first-order chi connectivity index (χ1) is 8.81. The van der Waals surface area contributed by atoms with E-state index in [1.165, 1.54) is 17.7 Å². The fraction of sp³-hybridized carbons (Fsp3) is 0.500. The van der Waals surface area contributed by atoms with Gasteiger partial charge in [0.25, 0.3) is 0 Å². The van der Waals surface area contributed by atoms with E-state index in [1.807, 2.05) is 13.1 Å². The zero-order valence-electron chi connectivity index (χ0n) is 10.7. The number of nitrogens with zero attached hydrogens (tertiary/aromatic N) is 2. The molecule has 0 radical (unpaired) electrons. The van der Waals surface area contributed by atoms with E-state index in [1.54, 1.807) is 0 Å². The van der Waals surface area contributed by atoms with Gasteiger partial charge in [0, 0.05) is 26.1 Å². The normalized spacial score (nSPS) is 15.8. The van der Waals surface area contributed by atoms with Gasteiger partial charge < -0.3 is 10.2 Å². The number of nitrogens with one attached hydrogen (secondary N) is 1. The summed E-state index contributed by atoms with van der Waals surface area (Å²) in [5, 5.41) is 3.41. The van der Waals surface area contributed by atoms with Crippen LogP contribution in [0.1, 0.15) is 18.9 Å². The van der Waals surface area contributed by atoms with Crippen molar-refractivity contribution in [3.8, 4) is 11.8 Å². The summed E-state index contributed by atoms with van der Waals surface area (Å²) in [6, 6.07) is 2.20. The molecule has 18 heavy (non-hydrogen) atoms. The van der Waals surface area contributed by atoms with Gasteiger partial charge in [-0.25, -0.2) is 4.98 Å². The molecule has 1 N–H and O–H groups in total. The van der Waals surface area contributed by atoms with Crippen molar-refractivity contribution in [2.75, 3.05) is 31.1 Å². The Morgan fingerprint density at radius 2 is 2.33 bits per heavy atom. The summed E-state index contributed by atoms with van der Waals surface area (Å²) in [5.74, 6) is 6.03. The highest BCUT2D eigenvalue weighted by atomic mass is 79.9. The van der Waals surface area contributed by atoms with Gasteiger partial charge in [-0.1, -0.05) is 5.92 Å². The van der Waals surface area contributed by atoms with Gasteiger partial charge in [0.1, 0.15) is 4.60 Å². The Morgan fingerprint density at radius 3 is 3.17 bits per heavy atom. The lowest BCUT2D eigenvalue weighted by Crippen LogP contribution is -2.28. The number of halogens is 1. The van der Waals surface area contributed by atoms with Crippen LogP contribution in [0.4, 0.5) is 5.69 Å². The van der Waals surface area contributed by atoms with Gasteiger partial charge in [-0.3, -0.25) is 0 Å². The average molecular weight is 308 g/mol. The highest BCUT2D eigenvalue weighted by molar-refractivity contribution is 9.10. The molecule has 0 aliphatic carbocycles. The van der Waals surface area contributed by atoms with Crippen molar-refractivity contribution in [1.29, 1.82) is 0 Å². The Labute approximate surface area is 117 Å². The molecule has 0 atom stereocenters. The van der Waals surface area contributed by atoms with Gasteiger partial charge in [0.2, 0.25) is 0 Å². The minimum absolute atomic E-state index is 0.754. The molecule has 1 aliphatic rings. The zero-order valence-corrected chi connectivity index (χ0v) is 12.3. The Morgan fingerprint density at radius 1 is 1.44 bits per heavy atom. The van der Waals surface area contributed by atoms with Gasteiger partial charge in [0.15, 0.2) is 0 Å². The summed E-state index contributed by atoms with van der Waals surface area (Å²) >= 11 is 3.49. The van der Waals surface area contributed by atoms with E-state index in [2.05, 4.69) is 49.0 Å². The summed E-state index contributed by atoms with van der Waals surface area (Å²) in [6.07, 6.45) is 3.88. The molecule has 1 aromatic rings. The highest BCUT2D eigenvalue weighted by Gasteiger charge is 2.11. The molecule has 0 unspecified atom stereocenters. The summed E-state index contributed by atoms with van der Waals surface area (Å²) < 4.78 is 0.905. The quantitative estimate of drug-likeness (QED) is 0.671. The Kier molecular flexibility index (Phi) is 5.03. The van der Waals surface area contributed by atoms with E-state index >= 15 is 0 Å². The monoisotopic (exact) mass is 307 g/mol. The summed E-state index contributed by atoms with van der Waals surface area (Å²) in [4.78, 5) is 6.82. The van der Waals surface area contributed by atoms with E-state index in [0.29, 0.717) is 0 Å². The van der Waals surface area contributed by atoms with E-state index in [4.69, 9.17) is 0 Å².